The highest BCUT2D eigenvalue weighted by Crippen LogP contribution is 2.25. The van der Waals surface area contributed by atoms with Crippen molar-refractivity contribution in [2.24, 2.45) is 0 Å². The maximum absolute atomic E-state index is 13.0. The Morgan fingerprint density at radius 3 is 2.61 bits per heavy atom. The van der Waals surface area contributed by atoms with Gasteiger partial charge in [0.25, 0.3) is 5.91 Å². The number of pyridine rings is 1. The number of hydrogen-bond donors (Lipinski definition) is 0. The van der Waals surface area contributed by atoms with E-state index in [1.54, 1.807) is 18.3 Å². The summed E-state index contributed by atoms with van der Waals surface area (Å²) in [6.07, 6.45) is 3.40. The molecule has 0 spiro atoms. The van der Waals surface area contributed by atoms with Gasteiger partial charge in [0.2, 0.25) is 0 Å². The Bertz CT molecular complexity index is 807. The van der Waals surface area contributed by atoms with Gasteiger partial charge in [-0.1, -0.05) is 0 Å². The minimum Gasteiger partial charge on any atom is -0.337 e. The van der Waals surface area contributed by atoms with Gasteiger partial charge in [-0.05, 0) is 42.8 Å². The summed E-state index contributed by atoms with van der Waals surface area (Å²) in [5.41, 5.74) is 0.437. The largest absolute Gasteiger partial charge is 0.337 e. The van der Waals surface area contributed by atoms with Gasteiger partial charge in [0, 0.05) is 25.5 Å². The molecular weight excluding hydrogens is 319 g/mol. The fourth-order valence-electron chi connectivity index (χ4n) is 2.65. The number of halogens is 1. The van der Waals surface area contributed by atoms with E-state index >= 15 is 0 Å². The van der Waals surface area contributed by atoms with Crippen LogP contribution < -0.4 is 0 Å². The van der Waals surface area contributed by atoms with Crippen LogP contribution >= 0.6 is 0 Å². The number of likely N-dealkylation sites (tertiary alicyclic amines) is 1. The van der Waals surface area contributed by atoms with Crippen molar-refractivity contribution in [2.75, 3.05) is 13.1 Å². The normalized spacial score (nSPS) is 18.1. The van der Waals surface area contributed by atoms with Crippen molar-refractivity contribution in [1.82, 2.24) is 9.88 Å². The number of aromatic nitrogens is 1. The molecule has 120 valence electrons. The van der Waals surface area contributed by atoms with E-state index in [1.807, 2.05) is 0 Å². The van der Waals surface area contributed by atoms with Crippen molar-refractivity contribution in [3.8, 4) is 0 Å². The first kappa shape index (κ1) is 15.6. The lowest BCUT2D eigenvalue weighted by Gasteiger charge is -2.16. The van der Waals surface area contributed by atoms with E-state index in [9.17, 15) is 17.6 Å². The molecule has 1 saturated heterocycles. The zero-order chi connectivity index (χ0) is 16.4. The molecule has 2 aromatic rings. The fourth-order valence-corrected chi connectivity index (χ4v) is 4.35. The molecule has 23 heavy (non-hydrogen) atoms. The van der Waals surface area contributed by atoms with Crippen LogP contribution in [-0.4, -0.2) is 42.5 Å². The predicted octanol–water partition coefficient (Wildman–Crippen LogP) is 1.91. The minimum atomic E-state index is -3.58. The van der Waals surface area contributed by atoms with E-state index < -0.39 is 20.9 Å². The van der Waals surface area contributed by atoms with Crippen LogP contribution in [0.4, 0.5) is 4.39 Å². The van der Waals surface area contributed by atoms with Gasteiger partial charge in [-0.15, -0.1) is 0 Å². The van der Waals surface area contributed by atoms with Gasteiger partial charge >= 0.3 is 0 Å². The number of carbonyl (C=O) groups is 1. The standard InChI is InChI=1S/C16H15FN2O3S/c17-13-3-5-14(6-4-13)23(21,22)15-7-9-19(11-15)16(20)12-2-1-8-18-10-12/h1-6,8,10,15H,7,9,11H2. The van der Waals surface area contributed by atoms with Gasteiger partial charge in [-0.25, -0.2) is 12.8 Å². The zero-order valence-electron chi connectivity index (χ0n) is 12.2. The third kappa shape index (κ3) is 3.10. The summed E-state index contributed by atoms with van der Waals surface area (Å²) in [5.74, 6) is -0.710. The van der Waals surface area contributed by atoms with Gasteiger partial charge in [0.15, 0.2) is 9.84 Å². The number of rotatable bonds is 3. The molecule has 3 rings (SSSR count). The quantitative estimate of drug-likeness (QED) is 0.804. The monoisotopic (exact) mass is 334 g/mol. The lowest BCUT2D eigenvalue weighted by molar-refractivity contribution is 0.0793. The first-order valence-corrected chi connectivity index (χ1v) is 8.72. The molecular formula is C16H15FN2O3S. The molecule has 0 radical (unpaired) electrons. The molecule has 1 aliphatic heterocycles. The van der Waals surface area contributed by atoms with Gasteiger partial charge in [-0.2, -0.15) is 0 Å². The first-order chi connectivity index (χ1) is 11.0. The van der Waals surface area contributed by atoms with Gasteiger partial charge in [-0.3, -0.25) is 9.78 Å². The second kappa shape index (κ2) is 6.08. The Balaban J connectivity index is 1.77. The molecule has 1 aromatic carbocycles. The lowest BCUT2D eigenvalue weighted by Crippen LogP contribution is -2.32. The third-order valence-corrected chi connectivity index (χ3v) is 6.11. The SMILES string of the molecule is O=C(c1cccnc1)N1CCC(S(=O)(=O)c2ccc(F)cc2)C1. The van der Waals surface area contributed by atoms with Crippen LogP contribution in [0.15, 0.2) is 53.7 Å². The summed E-state index contributed by atoms with van der Waals surface area (Å²) in [6, 6.07) is 8.08. The summed E-state index contributed by atoms with van der Waals surface area (Å²) in [4.78, 5) is 17.8. The predicted molar refractivity (Wildman–Crippen MR) is 82.1 cm³/mol. The molecule has 1 fully saturated rings. The number of benzene rings is 1. The van der Waals surface area contributed by atoms with Crippen LogP contribution in [0.2, 0.25) is 0 Å². The topological polar surface area (TPSA) is 67.3 Å². The van der Waals surface area contributed by atoms with Gasteiger partial charge in [0.05, 0.1) is 15.7 Å². The molecule has 7 heteroatoms. The van der Waals surface area contributed by atoms with Crippen LogP contribution in [0.25, 0.3) is 0 Å². The highest BCUT2D eigenvalue weighted by Gasteiger charge is 2.36. The molecule has 0 saturated carbocycles. The van der Waals surface area contributed by atoms with E-state index in [0.29, 0.717) is 18.5 Å². The fraction of sp³-hybridized carbons (Fsp3) is 0.250. The second-order valence-corrected chi connectivity index (χ2v) is 7.63. The number of amides is 1. The maximum Gasteiger partial charge on any atom is 0.255 e. The first-order valence-electron chi connectivity index (χ1n) is 7.17. The number of carbonyl (C=O) groups excluding carboxylic acids is 1. The second-order valence-electron chi connectivity index (χ2n) is 5.40. The van der Waals surface area contributed by atoms with E-state index in [1.165, 1.54) is 23.2 Å². The highest BCUT2D eigenvalue weighted by atomic mass is 32.2. The summed E-state index contributed by atoms with van der Waals surface area (Å²) in [5, 5.41) is -0.673. The molecule has 0 N–H and O–H groups in total. The average molecular weight is 334 g/mol. The van der Waals surface area contributed by atoms with Crippen LogP contribution in [0.3, 0.4) is 0 Å². The molecule has 0 aliphatic carbocycles. The van der Waals surface area contributed by atoms with Gasteiger partial charge < -0.3 is 4.90 Å². The van der Waals surface area contributed by atoms with Crippen LogP contribution in [0.1, 0.15) is 16.8 Å². The van der Waals surface area contributed by atoms with Crippen molar-refractivity contribution >= 4 is 15.7 Å². The molecule has 1 atom stereocenters. The molecule has 5 nitrogen and oxygen atoms in total. The van der Waals surface area contributed by atoms with Crippen molar-refractivity contribution < 1.29 is 17.6 Å². The molecule has 1 unspecified atom stereocenters. The van der Waals surface area contributed by atoms with Crippen LogP contribution in [0.5, 0.6) is 0 Å². The van der Waals surface area contributed by atoms with Gasteiger partial charge in [0.1, 0.15) is 5.82 Å². The zero-order valence-corrected chi connectivity index (χ0v) is 13.0. The Kier molecular flexibility index (Phi) is 4.12. The van der Waals surface area contributed by atoms with Crippen molar-refractivity contribution in [1.29, 1.82) is 0 Å². The Morgan fingerprint density at radius 1 is 1.22 bits per heavy atom. The van der Waals surface area contributed by atoms with Crippen LogP contribution in [0, 0.1) is 5.82 Å². The van der Waals surface area contributed by atoms with E-state index in [2.05, 4.69) is 4.98 Å². The number of hydrogen-bond acceptors (Lipinski definition) is 4. The average Bonchev–Trinajstić information content (AvgIpc) is 3.06. The molecule has 1 aliphatic rings. The van der Waals surface area contributed by atoms with E-state index in [-0.39, 0.29) is 17.3 Å². The van der Waals surface area contributed by atoms with Crippen molar-refractivity contribution in [3.63, 3.8) is 0 Å². The minimum absolute atomic E-state index is 0.0829. The third-order valence-electron chi connectivity index (χ3n) is 3.92. The van der Waals surface area contributed by atoms with Crippen molar-refractivity contribution in [2.45, 2.75) is 16.6 Å². The summed E-state index contributed by atoms with van der Waals surface area (Å²) < 4.78 is 38.1. The molecule has 0 bridgehead atoms. The molecule has 1 amide bonds. The summed E-state index contributed by atoms with van der Waals surface area (Å²) >= 11 is 0. The summed E-state index contributed by atoms with van der Waals surface area (Å²) in [6.45, 7) is 0.506. The Morgan fingerprint density at radius 2 is 1.96 bits per heavy atom. The van der Waals surface area contributed by atoms with E-state index in [4.69, 9.17) is 0 Å². The molecule has 1 aromatic heterocycles. The summed E-state index contributed by atoms with van der Waals surface area (Å²) in [7, 11) is -3.58. The smallest absolute Gasteiger partial charge is 0.255 e. The molecule has 2 heterocycles. The highest BCUT2D eigenvalue weighted by molar-refractivity contribution is 7.92. The Labute approximate surface area is 133 Å². The van der Waals surface area contributed by atoms with E-state index in [0.717, 1.165) is 12.1 Å². The maximum atomic E-state index is 13.0. The number of nitrogens with zero attached hydrogens (tertiary/aromatic N) is 2. The Hall–Kier alpha value is -2.28. The lowest BCUT2D eigenvalue weighted by atomic mass is 10.2. The van der Waals surface area contributed by atoms with Crippen LogP contribution in [-0.2, 0) is 9.84 Å². The number of sulfone groups is 1. The van der Waals surface area contributed by atoms with Crippen molar-refractivity contribution in [3.05, 3.63) is 60.2 Å².